The molecule has 0 radical (unpaired) electrons. The number of nitrogens with zero attached hydrogens (tertiary/aromatic N) is 2. The molecular weight excluding hydrogens is 258 g/mol. The molecule has 0 fully saturated rings. The first-order chi connectivity index (χ1) is 10.3. The maximum absolute atomic E-state index is 9.30. The van der Waals surface area contributed by atoms with Gasteiger partial charge >= 0.3 is 0 Å². The molecule has 0 amide bonds. The standard InChI is InChI=1S/C18H19N3/c1-13(14-6-3-2-4-7-14)12-20-18-16(11-19)10-15-8-5-9-17(15)21-18/h2-4,6-7,10,13H,5,8-9,12H2,1H3,(H,20,21). The second kappa shape index (κ2) is 5.97. The van der Waals surface area contributed by atoms with Crippen molar-refractivity contribution in [2.45, 2.75) is 32.1 Å². The van der Waals surface area contributed by atoms with Crippen LogP contribution in [0.25, 0.3) is 0 Å². The quantitative estimate of drug-likeness (QED) is 0.927. The summed E-state index contributed by atoms with van der Waals surface area (Å²) in [5.74, 6) is 1.12. The Morgan fingerprint density at radius 1 is 1.29 bits per heavy atom. The number of nitriles is 1. The lowest BCUT2D eigenvalue weighted by Gasteiger charge is -2.15. The Morgan fingerprint density at radius 2 is 2.10 bits per heavy atom. The van der Waals surface area contributed by atoms with Gasteiger partial charge in [-0.2, -0.15) is 5.26 Å². The number of fused-ring (bicyclic) bond motifs is 1. The number of pyridine rings is 1. The molecule has 0 aliphatic heterocycles. The first kappa shape index (κ1) is 13.6. The molecule has 1 aromatic heterocycles. The summed E-state index contributed by atoms with van der Waals surface area (Å²) in [5.41, 5.74) is 4.36. The maximum atomic E-state index is 9.30. The van der Waals surface area contributed by atoms with E-state index in [2.05, 4.69) is 47.6 Å². The summed E-state index contributed by atoms with van der Waals surface area (Å²) in [6.45, 7) is 2.96. The molecular formula is C18H19N3. The summed E-state index contributed by atoms with van der Waals surface area (Å²) in [5, 5.41) is 12.7. The van der Waals surface area contributed by atoms with Crippen molar-refractivity contribution in [3.8, 4) is 6.07 Å². The van der Waals surface area contributed by atoms with E-state index in [1.807, 2.05) is 12.1 Å². The highest BCUT2D eigenvalue weighted by molar-refractivity contribution is 5.55. The van der Waals surface area contributed by atoms with Crippen LogP contribution in [0.3, 0.4) is 0 Å². The van der Waals surface area contributed by atoms with Crippen LogP contribution in [-0.4, -0.2) is 11.5 Å². The van der Waals surface area contributed by atoms with Crippen LogP contribution in [0.15, 0.2) is 36.4 Å². The fourth-order valence-corrected chi connectivity index (χ4v) is 2.84. The van der Waals surface area contributed by atoms with Gasteiger partial charge < -0.3 is 5.32 Å². The topological polar surface area (TPSA) is 48.7 Å². The van der Waals surface area contributed by atoms with E-state index in [0.717, 1.165) is 37.3 Å². The van der Waals surface area contributed by atoms with Crippen molar-refractivity contribution >= 4 is 5.82 Å². The molecule has 0 bridgehead atoms. The molecule has 0 spiro atoms. The first-order valence-electron chi connectivity index (χ1n) is 7.49. The third-order valence-electron chi connectivity index (χ3n) is 4.12. The fraction of sp³-hybridized carbons (Fsp3) is 0.333. The van der Waals surface area contributed by atoms with Crippen LogP contribution in [0.5, 0.6) is 0 Å². The van der Waals surface area contributed by atoms with Gasteiger partial charge in [-0.1, -0.05) is 37.3 Å². The van der Waals surface area contributed by atoms with Crippen molar-refractivity contribution in [1.82, 2.24) is 4.98 Å². The average Bonchev–Trinajstić information content (AvgIpc) is 2.99. The van der Waals surface area contributed by atoms with E-state index in [1.54, 1.807) is 0 Å². The SMILES string of the molecule is CC(CNc1nc2c(cc1C#N)CCC2)c1ccccc1. The number of hydrogen-bond acceptors (Lipinski definition) is 3. The van der Waals surface area contributed by atoms with Gasteiger partial charge in [-0.3, -0.25) is 0 Å². The van der Waals surface area contributed by atoms with E-state index in [1.165, 1.54) is 11.1 Å². The van der Waals surface area contributed by atoms with Crippen molar-refractivity contribution in [3.63, 3.8) is 0 Å². The van der Waals surface area contributed by atoms with Gasteiger partial charge in [-0.25, -0.2) is 4.98 Å². The Labute approximate surface area is 125 Å². The van der Waals surface area contributed by atoms with Gasteiger partial charge in [0.1, 0.15) is 11.9 Å². The highest BCUT2D eigenvalue weighted by Gasteiger charge is 2.16. The Hall–Kier alpha value is -2.34. The van der Waals surface area contributed by atoms with Gasteiger partial charge in [0, 0.05) is 12.2 Å². The Kier molecular flexibility index (Phi) is 3.87. The Morgan fingerprint density at radius 3 is 2.86 bits per heavy atom. The van der Waals surface area contributed by atoms with Gasteiger partial charge in [0.05, 0.1) is 5.56 Å². The second-order valence-corrected chi connectivity index (χ2v) is 5.65. The fourth-order valence-electron chi connectivity index (χ4n) is 2.84. The lowest BCUT2D eigenvalue weighted by molar-refractivity contribution is 0.800. The zero-order valence-electron chi connectivity index (χ0n) is 12.3. The van der Waals surface area contributed by atoms with Crippen molar-refractivity contribution in [2.75, 3.05) is 11.9 Å². The highest BCUT2D eigenvalue weighted by Crippen LogP contribution is 2.25. The average molecular weight is 277 g/mol. The van der Waals surface area contributed by atoms with Gasteiger partial charge in [0.25, 0.3) is 0 Å². The number of benzene rings is 1. The molecule has 1 unspecified atom stereocenters. The minimum absolute atomic E-state index is 0.382. The number of nitrogens with one attached hydrogen (secondary N) is 1. The highest BCUT2D eigenvalue weighted by atomic mass is 15.0. The Balaban J connectivity index is 1.75. The molecule has 106 valence electrons. The van der Waals surface area contributed by atoms with E-state index in [9.17, 15) is 5.26 Å². The van der Waals surface area contributed by atoms with Gasteiger partial charge in [-0.15, -0.1) is 0 Å². The van der Waals surface area contributed by atoms with E-state index in [0.29, 0.717) is 11.5 Å². The molecule has 0 saturated heterocycles. The number of aryl methyl sites for hydroxylation is 2. The van der Waals surface area contributed by atoms with E-state index < -0.39 is 0 Å². The third kappa shape index (κ3) is 2.90. The van der Waals surface area contributed by atoms with Crippen molar-refractivity contribution in [3.05, 3.63) is 58.8 Å². The molecule has 0 saturated carbocycles. The first-order valence-corrected chi connectivity index (χ1v) is 7.49. The zero-order valence-corrected chi connectivity index (χ0v) is 12.3. The predicted molar refractivity (Wildman–Crippen MR) is 84.3 cm³/mol. The molecule has 3 heteroatoms. The molecule has 1 aliphatic rings. The largest absolute Gasteiger partial charge is 0.368 e. The molecule has 1 aliphatic carbocycles. The molecule has 1 atom stereocenters. The van der Waals surface area contributed by atoms with Crippen molar-refractivity contribution < 1.29 is 0 Å². The van der Waals surface area contributed by atoms with Crippen LogP contribution in [0, 0.1) is 11.3 Å². The summed E-state index contributed by atoms with van der Waals surface area (Å²) in [6.07, 6.45) is 3.23. The normalized spacial score (nSPS) is 14.3. The molecule has 1 aromatic carbocycles. The predicted octanol–water partition coefficient (Wildman–Crippen LogP) is 3.66. The van der Waals surface area contributed by atoms with Gasteiger partial charge in [-0.05, 0) is 42.4 Å². The van der Waals surface area contributed by atoms with Crippen LogP contribution in [0.4, 0.5) is 5.82 Å². The molecule has 1 N–H and O–H groups in total. The summed E-state index contributed by atoms with van der Waals surface area (Å²) >= 11 is 0. The lowest BCUT2D eigenvalue weighted by Crippen LogP contribution is -2.12. The van der Waals surface area contributed by atoms with E-state index in [-0.39, 0.29) is 0 Å². The number of anilines is 1. The molecule has 3 nitrogen and oxygen atoms in total. The number of hydrogen-bond donors (Lipinski definition) is 1. The minimum atomic E-state index is 0.382. The monoisotopic (exact) mass is 277 g/mol. The molecule has 21 heavy (non-hydrogen) atoms. The molecule has 3 rings (SSSR count). The van der Waals surface area contributed by atoms with Gasteiger partial charge in [0.2, 0.25) is 0 Å². The van der Waals surface area contributed by atoms with Crippen LogP contribution in [0.1, 0.15) is 41.6 Å². The van der Waals surface area contributed by atoms with Crippen LogP contribution in [-0.2, 0) is 12.8 Å². The maximum Gasteiger partial charge on any atom is 0.144 e. The smallest absolute Gasteiger partial charge is 0.144 e. The van der Waals surface area contributed by atoms with Crippen molar-refractivity contribution in [1.29, 1.82) is 5.26 Å². The number of rotatable bonds is 4. The zero-order chi connectivity index (χ0) is 14.7. The minimum Gasteiger partial charge on any atom is -0.368 e. The van der Waals surface area contributed by atoms with E-state index >= 15 is 0 Å². The second-order valence-electron chi connectivity index (χ2n) is 5.65. The van der Waals surface area contributed by atoms with Crippen molar-refractivity contribution in [2.24, 2.45) is 0 Å². The summed E-state index contributed by atoms with van der Waals surface area (Å²) in [7, 11) is 0. The third-order valence-corrected chi connectivity index (χ3v) is 4.12. The van der Waals surface area contributed by atoms with E-state index in [4.69, 9.17) is 0 Å². The summed E-state index contributed by atoms with van der Waals surface area (Å²) in [6, 6.07) is 14.7. The molecule has 1 heterocycles. The van der Waals surface area contributed by atoms with Gasteiger partial charge in [0.15, 0.2) is 0 Å². The Bertz CT molecular complexity index is 671. The summed E-state index contributed by atoms with van der Waals surface area (Å²) in [4.78, 5) is 4.66. The summed E-state index contributed by atoms with van der Waals surface area (Å²) < 4.78 is 0. The van der Waals surface area contributed by atoms with Crippen LogP contribution < -0.4 is 5.32 Å². The number of aromatic nitrogens is 1. The lowest BCUT2D eigenvalue weighted by atomic mass is 10.0. The van der Waals surface area contributed by atoms with Crippen LogP contribution in [0.2, 0.25) is 0 Å². The van der Waals surface area contributed by atoms with Crippen LogP contribution >= 0.6 is 0 Å². The molecule has 2 aromatic rings.